The van der Waals surface area contributed by atoms with Crippen molar-refractivity contribution in [2.24, 2.45) is 5.41 Å². The highest BCUT2D eigenvalue weighted by atomic mass is 16.2. The highest BCUT2D eigenvalue weighted by Crippen LogP contribution is 2.39. The molecule has 0 aromatic heterocycles. The standard InChI is InChI=1S/C19H29N3O/c1-20-11-8-18(23)22-13-10-19(16-22)9-5-12-21(15-19)14-17-6-3-2-4-7-17/h2-4,6-7,20H,5,8-16H2,1H3. The fourth-order valence-corrected chi connectivity index (χ4v) is 4.16. The van der Waals surface area contributed by atoms with E-state index in [1.807, 2.05) is 7.05 Å². The van der Waals surface area contributed by atoms with Crippen molar-refractivity contribution in [2.45, 2.75) is 32.2 Å². The Balaban J connectivity index is 1.57. The fraction of sp³-hybridized carbons (Fsp3) is 0.632. The zero-order chi connectivity index (χ0) is 16.1. The molecule has 1 unspecified atom stereocenters. The molecular formula is C19H29N3O. The van der Waals surface area contributed by atoms with Gasteiger partial charge in [-0.2, -0.15) is 0 Å². The van der Waals surface area contributed by atoms with Gasteiger partial charge in [0, 0.05) is 44.6 Å². The van der Waals surface area contributed by atoms with E-state index in [1.54, 1.807) is 0 Å². The van der Waals surface area contributed by atoms with Gasteiger partial charge >= 0.3 is 0 Å². The molecule has 2 aliphatic rings. The van der Waals surface area contributed by atoms with Crippen LogP contribution in [-0.2, 0) is 11.3 Å². The number of carbonyl (C=O) groups is 1. The molecule has 2 saturated heterocycles. The molecule has 126 valence electrons. The van der Waals surface area contributed by atoms with Gasteiger partial charge in [0.05, 0.1) is 0 Å². The number of likely N-dealkylation sites (tertiary alicyclic amines) is 2. The Labute approximate surface area is 139 Å². The van der Waals surface area contributed by atoms with Crippen molar-refractivity contribution in [2.75, 3.05) is 39.8 Å². The quantitative estimate of drug-likeness (QED) is 0.904. The number of nitrogens with one attached hydrogen (secondary N) is 1. The van der Waals surface area contributed by atoms with Crippen molar-refractivity contribution in [3.05, 3.63) is 35.9 Å². The van der Waals surface area contributed by atoms with Gasteiger partial charge in [-0.3, -0.25) is 9.69 Å². The molecule has 1 spiro atoms. The van der Waals surface area contributed by atoms with Crippen LogP contribution in [0.5, 0.6) is 0 Å². The summed E-state index contributed by atoms with van der Waals surface area (Å²) >= 11 is 0. The summed E-state index contributed by atoms with van der Waals surface area (Å²) < 4.78 is 0. The number of amides is 1. The number of hydrogen-bond acceptors (Lipinski definition) is 3. The van der Waals surface area contributed by atoms with Gasteiger partial charge in [0.25, 0.3) is 0 Å². The third kappa shape index (κ3) is 4.12. The first-order chi connectivity index (χ1) is 11.2. The van der Waals surface area contributed by atoms with E-state index in [4.69, 9.17) is 0 Å². The number of rotatable bonds is 5. The van der Waals surface area contributed by atoms with Gasteiger partial charge in [0.15, 0.2) is 0 Å². The molecule has 23 heavy (non-hydrogen) atoms. The molecule has 0 radical (unpaired) electrons. The van der Waals surface area contributed by atoms with Crippen LogP contribution in [0.1, 0.15) is 31.2 Å². The largest absolute Gasteiger partial charge is 0.342 e. The van der Waals surface area contributed by atoms with E-state index in [-0.39, 0.29) is 0 Å². The second-order valence-electron chi connectivity index (χ2n) is 7.22. The van der Waals surface area contributed by atoms with Crippen molar-refractivity contribution in [1.29, 1.82) is 0 Å². The lowest BCUT2D eigenvalue weighted by Gasteiger charge is -2.40. The summed E-state index contributed by atoms with van der Waals surface area (Å²) in [5.74, 6) is 0.316. The molecule has 2 fully saturated rings. The van der Waals surface area contributed by atoms with Gasteiger partial charge in [0.2, 0.25) is 5.91 Å². The Kier molecular flexibility index (Phi) is 5.34. The molecule has 1 atom stereocenters. The van der Waals surface area contributed by atoms with Gasteiger partial charge in [-0.15, -0.1) is 0 Å². The summed E-state index contributed by atoms with van der Waals surface area (Å²) in [4.78, 5) is 17.0. The topological polar surface area (TPSA) is 35.6 Å². The van der Waals surface area contributed by atoms with Crippen molar-refractivity contribution in [3.8, 4) is 0 Å². The molecule has 0 saturated carbocycles. The second-order valence-corrected chi connectivity index (χ2v) is 7.22. The monoisotopic (exact) mass is 315 g/mol. The summed E-state index contributed by atoms with van der Waals surface area (Å²) in [6, 6.07) is 10.7. The highest BCUT2D eigenvalue weighted by molar-refractivity contribution is 5.76. The lowest BCUT2D eigenvalue weighted by molar-refractivity contribution is -0.130. The molecule has 4 heteroatoms. The Morgan fingerprint density at radius 3 is 2.78 bits per heavy atom. The molecule has 0 bridgehead atoms. The molecular weight excluding hydrogens is 286 g/mol. The zero-order valence-corrected chi connectivity index (χ0v) is 14.3. The second kappa shape index (κ2) is 7.45. The molecule has 1 aromatic carbocycles. The maximum absolute atomic E-state index is 12.3. The first-order valence-corrected chi connectivity index (χ1v) is 8.89. The van der Waals surface area contributed by atoms with Gasteiger partial charge in [-0.25, -0.2) is 0 Å². The summed E-state index contributed by atoms with van der Waals surface area (Å²) in [6.07, 6.45) is 4.32. The molecule has 2 aliphatic heterocycles. The van der Waals surface area contributed by atoms with E-state index < -0.39 is 0 Å². The number of carbonyl (C=O) groups excluding carboxylic acids is 1. The highest BCUT2D eigenvalue weighted by Gasteiger charge is 2.42. The molecule has 1 amide bonds. The van der Waals surface area contributed by atoms with Gasteiger partial charge in [-0.05, 0) is 38.4 Å². The Bertz CT molecular complexity index is 519. The van der Waals surface area contributed by atoms with Crippen LogP contribution in [0.2, 0.25) is 0 Å². The van der Waals surface area contributed by atoms with E-state index in [0.29, 0.717) is 17.7 Å². The predicted molar refractivity (Wildman–Crippen MR) is 93.1 cm³/mol. The number of hydrogen-bond donors (Lipinski definition) is 1. The summed E-state index contributed by atoms with van der Waals surface area (Å²) in [5, 5.41) is 3.07. The van der Waals surface area contributed by atoms with E-state index in [1.165, 1.54) is 31.4 Å². The fourth-order valence-electron chi connectivity index (χ4n) is 4.16. The molecule has 2 heterocycles. The van der Waals surface area contributed by atoms with Crippen LogP contribution in [0.25, 0.3) is 0 Å². The van der Waals surface area contributed by atoms with Crippen LogP contribution in [0, 0.1) is 5.41 Å². The molecule has 1 aromatic rings. The third-order valence-electron chi connectivity index (χ3n) is 5.37. The average molecular weight is 315 g/mol. The number of nitrogens with zero attached hydrogens (tertiary/aromatic N) is 2. The van der Waals surface area contributed by atoms with Crippen molar-refractivity contribution in [1.82, 2.24) is 15.1 Å². The van der Waals surface area contributed by atoms with E-state index in [2.05, 4.69) is 45.4 Å². The van der Waals surface area contributed by atoms with Crippen molar-refractivity contribution >= 4 is 5.91 Å². The summed E-state index contributed by atoms with van der Waals surface area (Å²) in [5.41, 5.74) is 1.73. The Morgan fingerprint density at radius 1 is 1.17 bits per heavy atom. The average Bonchev–Trinajstić information content (AvgIpc) is 2.97. The Hall–Kier alpha value is -1.39. The molecule has 4 nitrogen and oxygen atoms in total. The van der Waals surface area contributed by atoms with Crippen LogP contribution in [0.3, 0.4) is 0 Å². The van der Waals surface area contributed by atoms with Gasteiger partial charge in [0.1, 0.15) is 0 Å². The van der Waals surface area contributed by atoms with Crippen LogP contribution < -0.4 is 5.32 Å². The normalized spacial score (nSPS) is 25.2. The number of piperidine rings is 1. The molecule has 0 aliphatic carbocycles. The third-order valence-corrected chi connectivity index (χ3v) is 5.37. The zero-order valence-electron chi connectivity index (χ0n) is 14.3. The smallest absolute Gasteiger partial charge is 0.223 e. The molecule has 3 rings (SSSR count). The molecule has 1 N–H and O–H groups in total. The Morgan fingerprint density at radius 2 is 2.00 bits per heavy atom. The maximum Gasteiger partial charge on any atom is 0.223 e. The first kappa shape index (κ1) is 16.5. The van der Waals surface area contributed by atoms with Crippen LogP contribution in [0.4, 0.5) is 0 Å². The van der Waals surface area contributed by atoms with Crippen molar-refractivity contribution < 1.29 is 4.79 Å². The van der Waals surface area contributed by atoms with E-state index in [9.17, 15) is 4.79 Å². The minimum atomic E-state index is 0.316. The van der Waals surface area contributed by atoms with Crippen LogP contribution in [-0.4, -0.2) is 55.5 Å². The minimum Gasteiger partial charge on any atom is -0.342 e. The first-order valence-electron chi connectivity index (χ1n) is 8.89. The van der Waals surface area contributed by atoms with Crippen molar-refractivity contribution in [3.63, 3.8) is 0 Å². The maximum atomic E-state index is 12.3. The van der Waals surface area contributed by atoms with E-state index in [0.717, 1.165) is 32.7 Å². The SMILES string of the molecule is CNCCC(=O)N1CCC2(CCCN(Cc3ccccc3)C2)C1. The predicted octanol–water partition coefficient (Wildman–Crippen LogP) is 2.11. The lowest BCUT2D eigenvalue weighted by Crippen LogP contribution is -2.45. The van der Waals surface area contributed by atoms with Gasteiger partial charge < -0.3 is 10.2 Å². The minimum absolute atomic E-state index is 0.316. The lowest BCUT2D eigenvalue weighted by atomic mass is 9.79. The van der Waals surface area contributed by atoms with Crippen LogP contribution >= 0.6 is 0 Å². The summed E-state index contributed by atoms with van der Waals surface area (Å²) in [6.45, 7) is 6.05. The summed E-state index contributed by atoms with van der Waals surface area (Å²) in [7, 11) is 1.90. The van der Waals surface area contributed by atoms with E-state index >= 15 is 0 Å². The van der Waals surface area contributed by atoms with Gasteiger partial charge in [-0.1, -0.05) is 30.3 Å². The van der Waals surface area contributed by atoms with Crippen LogP contribution in [0.15, 0.2) is 30.3 Å². The number of benzene rings is 1.